The van der Waals surface area contributed by atoms with Crippen LogP contribution in [0.1, 0.15) is 12.5 Å². The molecule has 2 heterocycles. The molecule has 94 valence electrons. The van der Waals surface area contributed by atoms with Crippen LogP contribution in [0.15, 0.2) is 35.5 Å². The lowest BCUT2D eigenvalue weighted by atomic mass is 10.3. The number of pyridine rings is 1. The van der Waals surface area contributed by atoms with E-state index in [0.29, 0.717) is 11.6 Å². The van der Waals surface area contributed by atoms with Gasteiger partial charge in [-0.15, -0.1) is 0 Å². The Bertz CT molecular complexity index is 579. The number of nitrogens with one attached hydrogen (secondary N) is 1. The third-order valence-electron chi connectivity index (χ3n) is 2.36. The Balaban J connectivity index is 2.18. The number of hydrogen-bond acceptors (Lipinski definition) is 4. The van der Waals surface area contributed by atoms with Crippen molar-refractivity contribution in [1.82, 2.24) is 14.5 Å². The van der Waals surface area contributed by atoms with E-state index in [4.69, 9.17) is 11.6 Å². The standard InChI is InChI=1S/C12H13ClN4O/c1-2-14-11-4-3-9(5-15-11)7-17-8-10(13)6-16-12(17)18/h3-6,8H,2,7H2,1H3,(H,14,15). The summed E-state index contributed by atoms with van der Waals surface area (Å²) >= 11 is 5.80. The maximum Gasteiger partial charge on any atom is 0.347 e. The van der Waals surface area contributed by atoms with Crippen molar-refractivity contribution in [2.75, 3.05) is 11.9 Å². The second kappa shape index (κ2) is 5.64. The van der Waals surface area contributed by atoms with Gasteiger partial charge in [0.2, 0.25) is 0 Å². The molecule has 0 aliphatic rings. The second-order valence-corrected chi connectivity index (χ2v) is 4.20. The van der Waals surface area contributed by atoms with Gasteiger partial charge in [-0.2, -0.15) is 0 Å². The lowest BCUT2D eigenvalue weighted by Gasteiger charge is -2.06. The minimum Gasteiger partial charge on any atom is -0.370 e. The first kappa shape index (κ1) is 12.6. The molecule has 0 atom stereocenters. The predicted octanol–water partition coefficient (Wildman–Crippen LogP) is 1.77. The molecule has 0 aliphatic heterocycles. The molecule has 18 heavy (non-hydrogen) atoms. The van der Waals surface area contributed by atoms with Crippen LogP contribution in [-0.2, 0) is 6.54 Å². The fraction of sp³-hybridized carbons (Fsp3) is 0.250. The lowest BCUT2D eigenvalue weighted by Crippen LogP contribution is -2.22. The zero-order valence-corrected chi connectivity index (χ0v) is 10.7. The number of hydrogen-bond donors (Lipinski definition) is 1. The number of halogens is 1. The summed E-state index contributed by atoms with van der Waals surface area (Å²) in [5.41, 5.74) is 0.595. The molecule has 0 spiro atoms. The summed E-state index contributed by atoms with van der Waals surface area (Å²) in [7, 11) is 0. The minimum absolute atomic E-state index is 0.324. The number of anilines is 1. The van der Waals surface area contributed by atoms with Gasteiger partial charge in [-0.25, -0.2) is 14.8 Å². The van der Waals surface area contributed by atoms with Crippen molar-refractivity contribution in [2.45, 2.75) is 13.5 Å². The molecular weight excluding hydrogens is 252 g/mol. The molecule has 1 N–H and O–H groups in total. The molecule has 5 nitrogen and oxygen atoms in total. The predicted molar refractivity (Wildman–Crippen MR) is 71.0 cm³/mol. The molecule has 0 aromatic carbocycles. The summed E-state index contributed by atoms with van der Waals surface area (Å²) in [4.78, 5) is 19.4. The van der Waals surface area contributed by atoms with Crippen LogP contribution in [0.25, 0.3) is 0 Å². The molecular formula is C12H13ClN4O. The van der Waals surface area contributed by atoms with E-state index in [0.717, 1.165) is 17.9 Å². The highest BCUT2D eigenvalue weighted by atomic mass is 35.5. The van der Waals surface area contributed by atoms with Gasteiger partial charge in [0.1, 0.15) is 5.82 Å². The van der Waals surface area contributed by atoms with Crippen molar-refractivity contribution in [1.29, 1.82) is 0 Å². The number of nitrogens with zero attached hydrogens (tertiary/aromatic N) is 3. The van der Waals surface area contributed by atoms with E-state index in [-0.39, 0.29) is 5.69 Å². The van der Waals surface area contributed by atoms with Gasteiger partial charge in [0.05, 0.1) is 17.8 Å². The molecule has 0 saturated carbocycles. The zero-order valence-electron chi connectivity index (χ0n) is 9.93. The van der Waals surface area contributed by atoms with Crippen LogP contribution in [0.5, 0.6) is 0 Å². The minimum atomic E-state index is -0.324. The fourth-order valence-electron chi connectivity index (χ4n) is 1.54. The highest BCUT2D eigenvalue weighted by Crippen LogP contribution is 2.07. The fourth-order valence-corrected chi connectivity index (χ4v) is 1.71. The van der Waals surface area contributed by atoms with E-state index in [1.54, 1.807) is 12.4 Å². The Morgan fingerprint density at radius 1 is 1.33 bits per heavy atom. The molecule has 0 saturated heterocycles. The van der Waals surface area contributed by atoms with Gasteiger partial charge in [-0.05, 0) is 18.6 Å². The van der Waals surface area contributed by atoms with Gasteiger partial charge < -0.3 is 5.32 Å². The molecule has 0 aliphatic carbocycles. The van der Waals surface area contributed by atoms with Crippen molar-refractivity contribution in [3.05, 3.63) is 51.8 Å². The van der Waals surface area contributed by atoms with E-state index in [1.807, 2.05) is 19.1 Å². The Labute approximate surface area is 109 Å². The van der Waals surface area contributed by atoms with Crippen molar-refractivity contribution in [3.8, 4) is 0 Å². The third kappa shape index (κ3) is 3.07. The van der Waals surface area contributed by atoms with Crippen molar-refractivity contribution < 1.29 is 0 Å². The van der Waals surface area contributed by atoms with Crippen molar-refractivity contribution in [2.24, 2.45) is 0 Å². The summed E-state index contributed by atoms with van der Waals surface area (Å²) in [5, 5.41) is 3.54. The third-order valence-corrected chi connectivity index (χ3v) is 2.55. The first-order valence-electron chi connectivity index (χ1n) is 5.60. The highest BCUT2D eigenvalue weighted by Gasteiger charge is 2.01. The Morgan fingerprint density at radius 2 is 2.17 bits per heavy atom. The van der Waals surface area contributed by atoms with E-state index in [1.165, 1.54) is 10.8 Å². The molecule has 6 heteroatoms. The van der Waals surface area contributed by atoms with Gasteiger partial charge in [0.25, 0.3) is 0 Å². The average molecular weight is 265 g/mol. The Kier molecular flexibility index (Phi) is 3.94. The quantitative estimate of drug-likeness (QED) is 0.914. The molecule has 2 aromatic heterocycles. The van der Waals surface area contributed by atoms with Crippen LogP contribution in [0.3, 0.4) is 0 Å². The molecule has 0 amide bonds. The Morgan fingerprint density at radius 3 is 2.83 bits per heavy atom. The van der Waals surface area contributed by atoms with Gasteiger partial charge in [-0.1, -0.05) is 17.7 Å². The second-order valence-electron chi connectivity index (χ2n) is 3.76. The van der Waals surface area contributed by atoms with Crippen LogP contribution < -0.4 is 11.0 Å². The first-order valence-corrected chi connectivity index (χ1v) is 5.97. The number of aromatic nitrogens is 3. The summed E-state index contributed by atoms with van der Waals surface area (Å²) in [5.74, 6) is 0.817. The molecule has 0 bridgehead atoms. The molecule has 0 fully saturated rings. The van der Waals surface area contributed by atoms with E-state index in [9.17, 15) is 4.79 Å². The summed E-state index contributed by atoms with van der Waals surface area (Å²) < 4.78 is 1.45. The largest absolute Gasteiger partial charge is 0.370 e. The smallest absolute Gasteiger partial charge is 0.347 e. The van der Waals surface area contributed by atoms with E-state index >= 15 is 0 Å². The lowest BCUT2D eigenvalue weighted by molar-refractivity contribution is 0.725. The summed E-state index contributed by atoms with van der Waals surface area (Å²) in [6, 6.07) is 3.79. The summed E-state index contributed by atoms with van der Waals surface area (Å²) in [6.07, 6.45) is 4.63. The number of rotatable bonds is 4. The van der Waals surface area contributed by atoms with Gasteiger partial charge in [-0.3, -0.25) is 4.57 Å². The van der Waals surface area contributed by atoms with Crippen molar-refractivity contribution >= 4 is 17.4 Å². The van der Waals surface area contributed by atoms with E-state index in [2.05, 4.69) is 15.3 Å². The van der Waals surface area contributed by atoms with Crippen LogP contribution >= 0.6 is 11.6 Å². The molecule has 2 rings (SSSR count). The van der Waals surface area contributed by atoms with Gasteiger partial charge in [0.15, 0.2) is 0 Å². The van der Waals surface area contributed by atoms with Crippen LogP contribution in [0.2, 0.25) is 5.02 Å². The SMILES string of the molecule is CCNc1ccc(Cn2cc(Cl)cnc2=O)cn1. The monoisotopic (exact) mass is 264 g/mol. The first-order chi connectivity index (χ1) is 8.69. The van der Waals surface area contributed by atoms with Crippen LogP contribution in [0.4, 0.5) is 5.82 Å². The molecule has 0 unspecified atom stereocenters. The van der Waals surface area contributed by atoms with Gasteiger partial charge >= 0.3 is 5.69 Å². The van der Waals surface area contributed by atoms with Crippen LogP contribution in [0, 0.1) is 0 Å². The molecule has 0 radical (unpaired) electrons. The normalized spacial score (nSPS) is 10.3. The van der Waals surface area contributed by atoms with E-state index < -0.39 is 0 Å². The Hall–Kier alpha value is -1.88. The van der Waals surface area contributed by atoms with Crippen LogP contribution in [-0.4, -0.2) is 21.1 Å². The topological polar surface area (TPSA) is 59.8 Å². The van der Waals surface area contributed by atoms with Gasteiger partial charge in [0, 0.05) is 18.9 Å². The summed E-state index contributed by atoms with van der Waals surface area (Å²) in [6.45, 7) is 3.24. The maximum absolute atomic E-state index is 11.5. The zero-order chi connectivity index (χ0) is 13.0. The maximum atomic E-state index is 11.5. The van der Waals surface area contributed by atoms with Crippen molar-refractivity contribution in [3.63, 3.8) is 0 Å². The highest BCUT2D eigenvalue weighted by molar-refractivity contribution is 6.30. The molecule has 2 aromatic rings. The average Bonchev–Trinajstić information content (AvgIpc) is 2.37.